The zero-order valence-corrected chi connectivity index (χ0v) is 7.54. The molecule has 0 N–H and O–H groups in total. The van der Waals surface area contributed by atoms with E-state index >= 15 is 0 Å². The van der Waals surface area contributed by atoms with Crippen LogP contribution >= 0.6 is 0 Å². The van der Waals surface area contributed by atoms with Crippen molar-refractivity contribution in [2.24, 2.45) is 0 Å². The van der Waals surface area contributed by atoms with Gasteiger partial charge in [-0.2, -0.15) is 8.42 Å². The standard InChI is InChI=1S/C8H10O3S.Na.H/c1-2-11-12(9,10)8-6-4-3-5-7-8;;/h3-7H,2H2,1H3;;. The Morgan fingerprint density at radius 2 is 1.77 bits per heavy atom. The zero-order chi connectivity index (χ0) is 9.03. The van der Waals surface area contributed by atoms with Crippen LogP contribution < -0.4 is 0 Å². The van der Waals surface area contributed by atoms with Gasteiger partial charge < -0.3 is 0 Å². The molecular weight excluding hydrogens is 199 g/mol. The Balaban J connectivity index is 0.00000144. The summed E-state index contributed by atoms with van der Waals surface area (Å²) in [5.74, 6) is 0. The molecule has 0 saturated heterocycles. The first kappa shape index (κ1) is 13.1. The summed E-state index contributed by atoms with van der Waals surface area (Å²) in [6.45, 7) is 1.80. The van der Waals surface area contributed by atoms with Crippen LogP contribution in [0, 0.1) is 0 Å². The van der Waals surface area contributed by atoms with Gasteiger partial charge in [-0.15, -0.1) is 0 Å². The van der Waals surface area contributed by atoms with Gasteiger partial charge in [0.2, 0.25) is 0 Å². The zero-order valence-electron chi connectivity index (χ0n) is 6.73. The molecule has 0 aliphatic heterocycles. The van der Waals surface area contributed by atoms with E-state index in [1.165, 1.54) is 12.1 Å². The van der Waals surface area contributed by atoms with Gasteiger partial charge in [-0.3, -0.25) is 4.18 Å². The summed E-state index contributed by atoms with van der Waals surface area (Å²) in [6, 6.07) is 8.08. The van der Waals surface area contributed by atoms with E-state index in [2.05, 4.69) is 4.18 Å². The molecule has 0 radical (unpaired) electrons. The normalized spacial score (nSPS) is 10.5. The first-order chi connectivity index (χ1) is 5.67. The molecule has 0 fully saturated rings. The predicted octanol–water partition coefficient (Wildman–Crippen LogP) is 0.763. The maximum atomic E-state index is 11.2. The van der Waals surface area contributed by atoms with Crippen molar-refractivity contribution in [2.75, 3.05) is 6.61 Å². The van der Waals surface area contributed by atoms with Crippen molar-refractivity contribution in [3.8, 4) is 0 Å². The van der Waals surface area contributed by atoms with Crippen molar-refractivity contribution in [1.29, 1.82) is 0 Å². The van der Waals surface area contributed by atoms with Crippen molar-refractivity contribution in [1.82, 2.24) is 0 Å². The molecule has 0 aromatic heterocycles. The molecule has 0 aliphatic rings. The van der Waals surface area contributed by atoms with Crippen molar-refractivity contribution >= 4 is 39.7 Å². The molecule has 3 nitrogen and oxygen atoms in total. The summed E-state index contributed by atoms with van der Waals surface area (Å²) in [5.41, 5.74) is 0. The topological polar surface area (TPSA) is 43.4 Å². The van der Waals surface area contributed by atoms with E-state index in [4.69, 9.17) is 0 Å². The number of hydrogen-bond acceptors (Lipinski definition) is 3. The molecule has 0 aliphatic carbocycles. The molecule has 0 saturated carbocycles. The summed E-state index contributed by atoms with van der Waals surface area (Å²) in [7, 11) is -3.51. The summed E-state index contributed by atoms with van der Waals surface area (Å²) >= 11 is 0. The second kappa shape index (κ2) is 5.78. The SMILES string of the molecule is CCOS(=O)(=O)c1ccccc1.[NaH]. The third-order valence-electron chi connectivity index (χ3n) is 1.30. The van der Waals surface area contributed by atoms with Gasteiger partial charge in [0.25, 0.3) is 10.1 Å². The molecule has 0 atom stereocenters. The molecule has 0 heterocycles. The molecule has 1 rings (SSSR count). The third kappa shape index (κ3) is 3.79. The molecule has 0 bridgehead atoms. The molecule has 0 spiro atoms. The van der Waals surface area contributed by atoms with Crippen LogP contribution in [-0.2, 0) is 14.3 Å². The quantitative estimate of drug-likeness (QED) is 0.546. The first-order valence-electron chi connectivity index (χ1n) is 3.61. The van der Waals surface area contributed by atoms with E-state index in [1.807, 2.05) is 0 Å². The Labute approximate surface area is 101 Å². The fraction of sp³-hybridized carbons (Fsp3) is 0.250. The number of rotatable bonds is 3. The van der Waals surface area contributed by atoms with Crippen molar-refractivity contribution in [3.05, 3.63) is 30.3 Å². The first-order valence-corrected chi connectivity index (χ1v) is 5.02. The molecule has 1 aromatic rings. The summed E-state index contributed by atoms with van der Waals surface area (Å²) < 4.78 is 27.0. The second-order valence-electron chi connectivity index (χ2n) is 2.17. The van der Waals surface area contributed by atoms with Crippen LogP contribution in [0.3, 0.4) is 0 Å². The van der Waals surface area contributed by atoms with Crippen LogP contribution in [0.4, 0.5) is 0 Å². The Morgan fingerprint density at radius 3 is 2.23 bits per heavy atom. The van der Waals surface area contributed by atoms with Gasteiger partial charge in [0.1, 0.15) is 0 Å². The average molecular weight is 210 g/mol. The fourth-order valence-electron chi connectivity index (χ4n) is 0.810. The van der Waals surface area contributed by atoms with Crippen LogP contribution in [-0.4, -0.2) is 44.6 Å². The minimum atomic E-state index is -3.51. The fourth-order valence-corrected chi connectivity index (χ4v) is 1.75. The summed E-state index contributed by atoms with van der Waals surface area (Å²) in [5, 5.41) is 0. The minimum absolute atomic E-state index is 0. The molecular formula is C8H11NaO3S. The van der Waals surface area contributed by atoms with Gasteiger partial charge in [0.05, 0.1) is 11.5 Å². The maximum absolute atomic E-state index is 11.2. The monoisotopic (exact) mass is 210 g/mol. The van der Waals surface area contributed by atoms with Crippen LogP contribution in [0.25, 0.3) is 0 Å². The van der Waals surface area contributed by atoms with Gasteiger partial charge in [-0.05, 0) is 19.1 Å². The molecule has 13 heavy (non-hydrogen) atoms. The van der Waals surface area contributed by atoms with Crippen molar-refractivity contribution in [2.45, 2.75) is 11.8 Å². The van der Waals surface area contributed by atoms with Gasteiger partial charge in [-0.25, -0.2) is 0 Å². The van der Waals surface area contributed by atoms with Gasteiger partial charge in [0.15, 0.2) is 0 Å². The average Bonchev–Trinajstić information content (AvgIpc) is 2.06. The van der Waals surface area contributed by atoms with Crippen LogP contribution in [0.15, 0.2) is 35.2 Å². The summed E-state index contributed by atoms with van der Waals surface area (Å²) in [6.07, 6.45) is 0. The van der Waals surface area contributed by atoms with Crippen molar-refractivity contribution in [3.63, 3.8) is 0 Å². The Bertz CT molecular complexity index is 334. The number of benzene rings is 1. The van der Waals surface area contributed by atoms with Crippen LogP contribution in [0.1, 0.15) is 6.92 Å². The Hall–Kier alpha value is 0.130. The van der Waals surface area contributed by atoms with E-state index in [-0.39, 0.29) is 41.1 Å². The van der Waals surface area contributed by atoms with Crippen LogP contribution in [0.2, 0.25) is 0 Å². The Morgan fingerprint density at radius 1 is 1.23 bits per heavy atom. The number of hydrogen-bond donors (Lipinski definition) is 0. The van der Waals surface area contributed by atoms with E-state index in [9.17, 15) is 8.42 Å². The molecule has 68 valence electrons. The molecule has 0 amide bonds. The van der Waals surface area contributed by atoms with E-state index in [0.717, 1.165) is 0 Å². The molecule has 1 aromatic carbocycles. The second-order valence-corrected chi connectivity index (χ2v) is 3.79. The van der Waals surface area contributed by atoms with Crippen LogP contribution in [0.5, 0.6) is 0 Å². The summed E-state index contributed by atoms with van der Waals surface area (Å²) in [4.78, 5) is 0.201. The molecule has 0 unspecified atom stereocenters. The van der Waals surface area contributed by atoms with Crippen molar-refractivity contribution < 1.29 is 12.6 Å². The third-order valence-corrected chi connectivity index (χ3v) is 2.70. The van der Waals surface area contributed by atoms with E-state index < -0.39 is 10.1 Å². The van der Waals surface area contributed by atoms with E-state index in [1.54, 1.807) is 25.1 Å². The Kier molecular flexibility index (Phi) is 5.83. The van der Waals surface area contributed by atoms with Gasteiger partial charge in [-0.1, -0.05) is 18.2 Å². The van der Waals surface area contributed by atoms with Gasteiger partial charge >= 0.3 is 29.6 Å². The van der Waals surface area contributed by atoms with Gasteiger partial charge in [0, 0.05) is 0 Å². The molecule has 5 heteroatoms. The predicted molar refractivity (Wildman–Crippen MR) is 52.4 cm³/mol. The van der Waals surface area contributed by atoms with E-state index in [0.29, 0.717) is 0 Å².